The summed E-state index contributed by atoms with van der Waals surface area (Å²) in [4.78, 5) is 11.4. The molecule has 0 aromatic heterocycles. The summed E-state index contributed by atoms with van der Waals surface area (Å²) in [6.45, 7) is 1.79. The zero-order valence-electron chi connectivity index (χ0n) is 10.7. The molecule has 0 unspecified atom stereocenters. The maximum atomic E-state index is 11.4. The van der Waals surface area contributed by atoms with E-state index in [2.05, 4.69) is 11.8 Å². The van der Waals surface area contributed by atoms with Crippen LogP contribution in [0.15, 0.2) is 54.6 Å². The minimum atomic E-state index is -0.00776. The van der Waals surface area contributed by atoms with E-state index >= 15 is 0 Å². The first-order chi connectivity index (χ1) is 9.27. The van der Waals surface area contributed by atoms with Gasteiger partial charge < -0.3 is 4.74 Å². The summed E-state index contributed by atoms with van der Waals surface area (Å²) in [6, 6.07) is 16.9. The van der Waals surface area contributed by atoms with Crippen molar-refractivity contribution in [2.45, 2.75) is 6.92 Å². The number of carbonyl (C=O) groups is 1. The third-order valence-corrected chi connectivity index (χ3v) is 2.57. The smallest absolute Gasteiger partial charge is 0.163 e. The largest absolute Gasteiger partial charge is 0.480 e. The standard InChI is InChI=1S/C17H14O2/c1-14(18)16-11-5-6-12-17(16)19-13-7-10-15-8-3-2-4-9-15/h2-6,8-9,11-12H,13H2,1H3. The summed E-state index contributed by atoms with van der Waals surface area (Å²) in [6.07, 6.45) is 0. The molecule has 0 heterocycles. The SMILES string of the molecule is CC(=O)c1ccccc1OCC#Cc1ccccc1. The number of rotatable bonds is 3. The molecule has 0 spiro atoms. The maximum absolute atomic E-state index is 11.4. The van der Waals surface area contributed by atoms with Crippen LogP contribution in [0.3, 0.4) is 0 Å². The van der Waals surface area contributed by atoms with Crippen molar-refractivity contribution in [3.8, 4) is 17.6 Å². The van der Waals surface area contributed by atoms with Crippen molar-refractivity contribution in [2.75, 3.05) is 6.61 Å². The van der Waals surface area contributed by atoms with Gasteiger partial charge in [-0.15, -0.1) is 0 Å². The summed E-state index contributed by atoms with van der Waals surface area (Å²) in [7, 11) is 0. The molecular weight excluding hydrogens is 236 g/mol. The number of carbonyl (C=O) groups excluding carboxylic acids is 1. The zero-order chi connectivity index (χ0) is 13.5. The lowest BCUT2D eigenvalue weighted by molar-refractivity contribution is 0.101. The summed E-state index contributed by atoms with van der Waals surface area (Å²) in [5.41, 5.74) is 1.54. The molecule has 0 saturated carbocycles. The highest BCUT2D eigenvalue weighted by Crippen LogP contribution is 2.17. The summed E-state index contributed by atoms with van der Waals surface area (Å²) in [5, 5.41) is 0. The number of benzene rings is 2. The minimum Gasteiger partial charge on any atom is -0.480 e. The molecule has 19 heavy (non-hydrogen) atoms. The second-order valence-electron chi connectivity index (χ2n) is 4.01. The van der Waals surface area contributed by atoms with E-state index in [1.807, 2.05) is 42.5 Å². The van der Waals surface area contributed by atoms with Crippen LogP contribution in [0.1, 0.15) is 22.8 Å². The van der Waals surface area contributed by atoms with Gasteiger partial charge in [0.15, 0.2) is 5.78 Å². The molecule has 0 atom stereocenters. The van der Waals surface area contributed by atoms with Crippen LogP contribution in [0.25, 0.3) is 0 Å². The van der Waals surface area contributed by atoms with Crippen LogP contribution >= 0.6 is 0 Å². The van der Waals surface area contributed by atoms with Gasteiger partial charge in [-0.3, -0.25) is 4.79 Å². The number of hydrogen-bond acceptors (Lipinski definition) is 2. The second kappa shape index (κ2) is 6.42. The van der Waals surface area contributed by atoms with Gasteiger partial charge in [0.2, 0.25) is 0 Å². The Labute approximate surface area is 113 Å². The fourth-order valence-corrected chi connectivity index (χ4v) is 1.66. The molecule has 0 radical (unpaired) electrons. The van der Waals surface area contributed by atoms with E-state index in [0.717, 1.165) is 5.56 Å². The van der Waals surface area contributed by atoms with Crippen molar-refractivity contribution in [2.24, 2.45) is 0 Å². The van der Waals surface area contributed by atoms with Gasteiger partial charge >= 0.3 is 0 Å². The van der Waals surface area contributed by atoms with Crippen LogP contribution in [0.5, 0.6) is 5.75 Å². The number of Topliss-reactive ketones (excluding diaryl/α,β-unsaturated/α-hetero) is 1. The topological polar surface area (TPSA) is 26.3 Å². The van der Waals surface area contributed by atoms with E-state index in [1.165, 1.54) is 6.92 Å². The highest BCUT2D eigenvalue weighted by atomic mass is 16.5. The quantitative estimate of drug-likeness (QED) is 0.617. The van der Waals surface area contributed by atoms with Gasteiger partial charge in [0.25, 0.3) is 0 Å². The summed E-state index contributed by atoms with van der Waals surface area (Å²) in [5.74, 6) is 6.51. The Balaban J connectivity index is 2.01. The van der Waals surface area contributed by atoms with Crippen LogP contribution in [0, 0.1) is 11.8 Å². The molecule has 0 aliphatic carbocycles. The van der Waals surface area contributed by atoms with E-state index in [-0.39, 0.29) is 12.4 Å². The van der Waals surface area contributed by atoms with Gasteiger partial charge in [-0.1, -0.05) is 42.2 Å². The third kappa shape index (κ3) is 3.72. The first-order valence-electron chi connectivity index (χ1n) is 6.04. The van der Waals surface area contributed by atoms with E-state index < -0.39 is 0 Å². The fraction of sp³-hybridized carbons (Fsp3) is 0.118. The first kappa shape index (κ1) is 12.9. The number of ether oxygens (including phenoxy) is 1. The Morgan fingerprint density at radius 3 is 2.47 bits per heavy atom. The lowest BCUT2D eigenvalue weighted by Crippen LogP contribution is -2.01. The normalized spacial score (nSPS) is 9.32. The molecule has 2 heteroatoms. The molecule has 0 amide bonds. The molecule has 2 aromatic rings. The van der Waals surface area contributed by atoms with Crippen molar-refractivity contribution < 1.29 is 9.53 Å². The minimum absolute atomic E-state index is 0.00776. The Morgan fingerprint density at radius 2 is 1.74 bits per heavy atom. The van der Waals surface area contributed by atoms with Gasteiger partial charge in [0.05, 0.1) is 5.56 Å². The summed E-state index contributed by atoms with van der Waals surface area (Å²) < 4.78 is 5.53. The molecule has 0 aliphatic heterocycles. The Hall–Kier alpha value is -2.53. The first-order valence-corrected chi connectivity index (χ1v) is 6.04. The van der Waals surface area contributed by atoms with Gasteiger partial charge in [0, 0.05) is 5.56 Å². The van der Waals surface area contributed by atoms with Gasteiger partial charge in [0.1, 0.15) is 12.4 Å². The number of ketones is 1. The van der Waals surface area contributed by atoms with Crippen molar-refractivity contribution in [1.29, 1.82) is 0 Å². The Kier molecular flexibility index (Phi) is 4.36. The molecule has 0 aliphatic rings. The van der Waals surface area contributed by atoms with Crippen LogP contribution in [0.2, 0.25) is 0 Å². The Bertz CT molecular complexity index is 618. The van der Waals surface area contributed by atoms with Crippen LogP contribution in [0.4, 0.5) is 0 Å². The van der Waals surface area contributed by atoms with E-state index in [9.17, 15) is 4.79 Å². The molecule has 0 N–H and O–H groups in total. The molecule has 2 nitrogen and oxygen atoms in total. The zero-order valence-corrected chi connectivity index (χ0v) is 10.7. The van der Waals surface area contributed by atoms with Crippen LogP contribution in [-0.2, 0) is 0 Å². The molecule has 2 aromatic carbocycles. The second-order valence-corrected chi connectivity index (χ2v) is 4.01. The van der Waals surface area contributed by atoms with Gasteiger partial charge in [-0.2, -0.15) is 0 Å². The van der Waals surface area contributed by atoms with Crippen molar-refractivity contribution in [3.63, 3.8) is 0 Å². The number of para-hydroxylation sites is 1. The molecule has 94 valence electrons. The number of hydrogen-bond donors (Lipinski definition) is 0. The molecular formula is C17H14O2. The molecule has 0 fully saturated rings. The van der Waals surface area contributed by atoms with Crippen LogP contribution in [-0.4, -0.2) is 12.4 Å². The average Bonchev–Trinajstić information content (AvgIpc) is 2.45. The Morgan fingerprint density at radius 1 is 1.05 bits per heavy atom. The van der Waals surface area contributed by atoms with E-state index in [4.69, 9.17) is 4.74 Å². The average molecular weight is 250 g/mol. The predicted octanol–water partition coefficient (Wildman–Crippen LogP) is 3.32. The van der Waals surface area contributed by atoms with Gasteiger partial charge in [-0.05, 0) is 31.2 Å². The highest BCUT2D eigenvalue weighted by molar-refractivity contribution is 5.96. The van der Waals surface area contributed by atoms with E-state index in [0.29, 0.717) is 11.3 Å². The maximum Gasteiger partial charge on any atom is 0.163 e. The highest BCUT2D eigenvalue weighted by Gasteiger charge is 2.05. The van der Waals surface area contributed by atoms with E-state index in [1.54, 1.807) is 12.1 Å². The van der Waals surface area contributed by atoms with Crippen molar-refractivity contribution in [1.82, 2.24) is 0 Å². The molecule has 0 saturated heterocycles. The van der Waals surface area contributed by atoms with Crippen LogP contribution < -0.4 is 4.74 Å². The van der Waals surface area contributed by atoms with Gasteiger partial charge in [-0.25, -0.2) is 0 Å². The summed E-state index contributed by atoms with van der Waals surface area (Å²) >= 11 is 0. The molecule has 2 rings (SSSR count). The fourth-order valence-electron chi connectivity index (χ4n) is 1.66. The molecule has 0 bridgehead atoms. The lowest BCUT2D eigenvalue weighted by Gasteiger charge is -2.05. The van der Waals surface area contributed by atoms with Crippen molar-refractivity contribution in [3.05, 3.63) is 65.7 Å². The third-order valence-electron chi connectivity index (χ3n) is 2.57. The monoisotopic (exact) mass is 250 g/mol. The lowest BCUT2D eigenvalue weighted by atomic mass is 10.1. The van der Waals surface area contributed by atoms with Crippen molar-refractivity contribution >= 4 is 5.78 Å². The predicted molar refractivity (Wildman–Crippen MR) is 75.3 cm³/mol.